The highest BCUT2D eigenvalue weighted by Crippen LogP contribution is 2.48. The summed E-state index contributed by atoms with van der Waals surface area (Å²) in [6.45, 7) is 48.6. The molecule has 17 rings (SSSR count). The second kappa shape index (κ2) is 44.6. The summed E-state index contributed by atoms with van der Waals surface area (Å²) in [5.74, 6) is 2.04. The minimum absolute atomic E-state index is 0.0142. The van der Waals surface area contributed by atoms with Crippen LogP contribution >= 0.6 is 23.2 Å². The Labute approximate surface area is 841 Å². The number of hydrogen-bond acceptors (Lipinski definition) is 12. The van der Waals surface area contributed by atoms with E-state index in [0.717, 1.165) is 128 Å². The molecule has 4 amide bonds. The van der Waals surface area contributed by atoms with Crippen molar-refractivity contribution in [3.8, 4) is 0 Å². The molecule has 0 bridgehead atoms. The summed E-state index contributed by atoms with van der Waals surface area (Å²) in [5, 5.41) is 29.0. The molecule has 0 fully saturated rings. The van der Waals surface area contributed by atoms with E-state index < -0.39 is 36.5 Å². The van der Waals surface area contributed by atoms with Crippen molar-refractivity contribution in [2.45, 2.75) is 252 Å². The maximum atomic E-state index is 13.2. The molecule has 14 aromatic rings. The van der Waals surface area contributed by atoms with Gasteiger partial charge in [-0.2, -0.15) is 15.3 Å². The van der Waals surface area contributed by atoms with E-state index in [9.17, 15) is 19.5 Å². The van der Waals surface area contributed by atoms with Crippen LogP contribution in [0.2, 0.25) is 64.4 Å². The summed E-state index contributed by atoms with van der Waals surface area (Å²) < 4.78 is 26.1. The zero-order chi connectivity index (χ0) is 101. The molecule has 0 spiro atoms. The number of nitrogens with zero attached hydrogens (tertiary/aromatic N) is 10. The molecule has 0 saturated carbocycles. The maximum Gasteiger partial charge on any atom is 0.315 e. The molecule has 0 aliphatic carbocycles. The fourth-order valence-corrected chi connectivity index (χ4v) is 21.7. The first-order valence-electron chi connectivity index (χ1n) is 48.6. The van der Waals surface area contributed by atoms with Gasteiger partial charge in [0, 0.05) is 71.7 Å². The van der Waals surface area contributed by atoms with Gasteiger partial charge in [0.25, 0.3) is 0 Å². The third-order valence-electron chi connectivity index (χ3n) is 30.1. The Balaban J connectivity index is 0.000000162. The summed E-state index contributed by atoms with van der Waals surface area (Å²) in [6, 6.07) is 79.9. The minimum atomic E-state index is -2.21. The van der Waals surface area contributed by atoms with Crippen molar-refractivity contribution in [1.82, 2.24) is 44.0 Å². The highest BCUT2D eigenvalue weighted by Gasteiger charge is 2.45. The molecule has 11 aromatic carbocycles. The monoisotopic (exact) mass is 1970 g/mol. The highest BCUT2D eigenvalue weighted by atomic mass is 35.5. The normalized spacial score (nSPS) is 14.2. The molecular weight excluding hydrogens is 1830 g/mol. The molecular formula is C116H139Cl2N11O8Si3. The number of aliphatic imine (C=N–C) groups is 1. The number of aliphatic hydroxyl groups is 1. The SMILES string of the molecule is C=C=O.C[C@@H](CCc1c(Cl)cc2c(cnn2C)c1CO[Si](C)(C)C(C)(C)C)c1ccccc1.C[C@H](c1ccccc1)N(Cc1c(Cl)cc2c(cnn2C(c2ccccc2)(c2ccccc2)c2ccccc2)c1CO[Si](C)(C)C(C)(C)C)C(N)=O.C[C@H](c1ccccc1)N1Cc2c(cc3c(c2CO)C=NC3)CC1=O.C[C@H](c1ccccc1)N1Cc2c(cc3c(cnn3C)c2CO[Si](C)(C)C(C)(C)C)CC1=O. The lowest BCUT2D eigenvalue weighted by molar-refractivity contribution is -0.135. The Kier molecular flexibility index (Phi) is 33.6. The lowest BCUT2D eigenvalue weighted by atomic mass is 9.77. The number of primary amides is 1. The standard InChI is InChI=1S/C43H47ClN4O2Si.C26H35N3O2Si.C25H35ClN2OSi.C20H20N2O2.C2H2O/c1-31(32-19-11-7-12-20-32)47(41(45)49)29-37-38(30-50-51(5,6)42(2,3)4)36-28-46-48(40(36)27-39(37)44)43(33-21-13-8-14-22-33,34-23-15-9-16-24-34)35-25-17-10-18-26-35;1-18(19-11-9-8-10-12-19)29-16-22-20(14-25(29)30)13-24-21(15-27-28(24)5)23(22)17-31-32(6,7)26(2,3)4;1-18(19-11-9-8-10-12-19)13-14-20-22(17-29-30(6,7)25(2,3)4)21-16-27-28(5)24(21)15-23(20)26;1-13(14-5-3-2-4-6-14)22-11-18-15(8-20(22)24)7-16-9-21-10-17(16)19(18)12-23;1-2-3/h7-28,31H,29-30H2,1-6H3,(H2,45,49);8-13,15,18H,14,16-17H2,1-7H3;8-12,15-16,18H,13-14,17H2,1-7H3;2-7,10,13,23H,8-9,11-12H2,1H3;1H2/t31-;2*18-;13-;/m1101./s1. The second-order valence-corrected chi connectivity index (χ2v) is 57.0. The fraction of sp³-hybridized carbons (Fsp3) is 0.353. The van der Waals surface area contributed by atoms with E-state index >= 15 is 0 Å². The number of urea groups is 1. The third kappa shape index (κ3) is 23.0. The summed E-state index contributed by atoms with van der Waals surface area (Å²) in [6.07, 6.45) is 10.5. The van der Waals surface area contributed by atoms with E-state index in [4.69, 9.17) is 52.1 Å². The van der Waals surface area contributed by atoms with E-state index in [1.165, 1.54) is 33.8 Å². The first-order valence-corrected chi connectivity index (χ1v) is 58.1. The Morgan fingerprint density at radius 2 is 0.843 bits per heavy atom. The fourth-order valence-electron chi connectivity index (χ4n) is 18.3. The van der Waals surface area contributed by atoms with Crippen LogP contribution in [0.3, 0.4) is 0 Å². The zero-order valence-electron chi connectivity index (χ0n) is 85.4. The van der Waals surface area contributed by atoms with Gasteiger partial charge in [-0.1, -0.05) is 311 Å². The molecule has 140 heavy (non-hydrogen) atoms. The van der Waals surface area contributed by atoms with Gasteiger partial charge in [-0.05, 0) is 219 Å². The zero-order valence-corrected chi connectivity index (χ0v) is 90.0. The van der Waals surface area contributed by atoms with Gasteiger partial charge < -0.3 is 38.8 Å². The summed E-state index contributed by atoms with van der Waals surface area (Å²) in [4.78, 5) is 57.5. The molecule has 3 aliphatic heterocycles. The van der Waals surface area contributed by atoms with Gasteiger partial charge in [0.05, 0.1) is 99.1 Å². The van der Waals surface area contributed by atoms with Gasteiger partial charge in [0.2, 0.25) is 11.8 Å². The number of carbonyl (C=O) groups excluding carboxylic acids is 4. The van der Waals surface area contributed by atoms with Gasteiger partial charge in [-0.25, -0.2) is 14.3 Å². The van der Waals surface area contributed by atoms with Crippen molar-refractivity contribution in [2.24, 2.45) is 24.8 Å². The quantitative estimate of drug-likeness (QED) is 0.0295. The van der Waals surface area contributed by atoms with E-state index in [0.29, 0.717) is 63.2 Å². The molecule has 3 N–H and O–H groups in total. The van der Waals surface area contributed by atoms with E-state index in [2.05, 4.69) is 294 Å². The van der Waals surface area contributed by atoms with E-state index in [-0.39, 0.29) is 58.2 Å². The molecule has 3 aliphatic rings. The average molecular weight is 1970 g/mol. The van der Waals surface area contributed by atoms with Crippen molar-refractivity contribution < 1.29 is 37.6 Å². The lowest BCUT2D eigenvalue weighted by Gasteiger charge is -2.38. The number of carbonyl (C=O) groups is 3. The first kappa shape index (κ1) is 106. The number of fused-ring (bicyclic) bond motifs is 6. The smallest absolute Gasteiger partial charge is 0.315 e. The molecule has 0 radical (unpaired) electrons. The topological polar surface area (TPSA) is 218 Å². The van der Waals surface area contributed by atoms with Crippen LogP contribution in [0.1, 0.15) is 226 Å². The van der Waals surface area contributed by atoms with Crippen LogP contribution in [-0.2, 0) is 119 Å². The predicted molar refractivity (Wildman–Crippen MR) is 578 cm³/mol. The number of aliphatic hydroxyl groups excluding tert-OH is 1. The van der Waals surface area contributed by atoms with Crippen molar-refractivity contribution >= 4 is 111 Å². The van der Waals surface area contributed by atoms with Crippen molar-refractivity contribution in [1.29, 1.82) is 0 Å². The van der Waals surface area contributed by atoms with Gasteiger partial charge in [0.15, 0.2) is 25.0 Å². The molecule has 4 atom stereocenters. The molecule has 732 valence electrons. The summed E-state index contributed by atoms with van der Waals surface area (Å²) in [7, 11) is -2.09. The number of nitrogens with two attached hydrogens (primary N) is 1. The van der Waals surface area contributed by atoms with Crippen LogP contribution in [0, 0.1) is 0 Å². The minimum Gasteiger partial charge on any atom is -0.413 e. The number of benzene rings is 11. The van der Waals surface area contributed by atoms with Crippen molar-refractivity contribution in [2.75, 3.05) is 0 Å². The molecule has 0 saturated heterocycles. The van der Waals surface area contributed by atoms with Gasteiger partial charge in [0.1, 0.15) is 11.5 Å². The van der Waals surface area contributed by atoms with Crippen LogP contribution in [0.5, 0.6) is 0 Å². The van der Waals surface area contributed by atoms with Gasteiger partial charge in [-0.3, -0.25) is 23.9 Å². The molecule has 0 unspecified atom stereocenters. The Bertz CT molecular complexity index is 6630. The number of hydrogen-bond donors (Lipinski definition) is 2. The Hall–Kier alpha value is -11.8. The number of amides is 4. The average Bonchev–Trinajstić information content (AvgIpc) is 1.46. The highest BCUT2D eigenvalue weighted by molar-refractivity contribution is 6.75. The number of aryl methyl sites for hydroxylation is 2. The molecule has 6 heterocycles. The van der Waals surface area contributed by atoms with Crippen LogP contribution in [0.4, 0.5) is 4.79 Å². The van der Waals surface area contributed by atoms with E-state index in [1.807, 2.05) is 156 Å². The number of halogens is 2. The van der Waals surface area contributed by atoms with Crippen molar-refractivity contribution in [3.05, 3.63) is 378 Å². The molecule has 24 heteroatoms. The van der Waals surface area contributed by atoms with Crippen LogP contribution in [0.25, 0.3) is 32.7 Å². The maximum absolute atomic E-state index is 13.2. The second-order valence-electron chi connectivity index (χ2n) is 41.8. The van der Waals surface area contributed by atoms with Gasteiger partial charge in [-0.15, -0.1) is 0 Å². The lowest BCUT2D eigenvalue weighted by Crippen LogP contribution is -2.41. The number of rotatable bonds is 26. The summed E-state index contributed by atoms with van der Waals surface area (Å²) >= 11 is 14.2. The largest absolute Gasteiger partial charge is 0.413 e. The number of aromatic nitrogens is 6. The molecule has 3 aromatic heterocycles. The molecule has 19 nitrogen and oxygen atoms in total. The first-order chi connectivity index (χ1) is 66.5. The Morgan fingerprint density at radius 1 is 0.486 bits per heavy atom. The summed E-state index contributed by atoms with van der Waals surface area (Å²) in [5.41, 5.74) is 28.9. The Morgan fingerprint density at radius 3 is 1.27 bits per heavy atom. The van der Waals surface area contributed by atoms with Crippen molar-refractivity contribution in [3.63, 3.8) is 0 Å². The predicted octanol–water partition coefficient (Wildman–Crippen LogP) is 26.7. The van der Waals surface area contributed by atoms with Crippen LogP contribution in [-0.4, -0.2) is 104 Å². The van der Waals surface area contributed by atoms with Crippen LogP contribution < -0.4 is 5.73 Å². The van der Waals surface area contributed by atoms with E-state index in [1.54, 1.807) is 4.90 Å². The van der Waals surface area contributed by atoms with Crippen LogP contribution in [0.15, 0.2) is 267 Å². The van der Waals surface area contributed by atoms with Gasteiger partial charge >= 0.3 is 6.03 Å². The third-order valence-corrected chi connectivity index (χ3v) is 44.2.